The smallest absolute Gasteiger partial charge is 0.408 e. The molecule has 0 heterocycles. The summed E-state index contributed by atoms with van der Waals surface area (Å²) in [6.07, 6.45) is -0.460. The second-order valence-corrected chi connectivity index (χ2v) is 11.7. The van der Waals surface area contributed by atoms with Gasteiger partial charge in [0.25, 0.3) is 0 Å². The molecule has 0 fully saturated rings. The SMILES string of the molecule is CCOC(=O)C(CO)(CCc1cccc(Sc2ccc(OCc3ccccc3)cc2)c1Cl)NC(=O)OC(C)(C)C. The molecule has 1 atom stereocenters. The fraction of sp³-hybridized carbons (Fsp3) is 0.355. The van der Waals surface area contributed by atoms with Crippen molar-refractivity contribution >= 4 is 35.4 Å². The van der Waals surface area contributed by atoms with Crippen LogP contribution in [0.3, 0.4) is 0 Å². The number of aryl methyl sites for hydroxylation is 1. The van der Waals surface area contributed by atoms with E-state index in [1.54, 1.807) is 27.7 Å². The zero-order valence-electron chi connectivity index (χ0n) is 23.2. The van der Waals surface area contributed by atoms with Crippen LogP contribution in [-0.2, 0) is 27.3 Å². The van der Waals surface area contributed by atoms with E-state index in [1.165, 1.54) is 11.8 Å². The van der Waals surface area contributed by atoms with Gasteiger partial charge in [-0.1, -0.05) is 65.8 Å². The number of hydrogen-bond donors (Lipinski definition) is 2. The number of benzene rings is 3. The second kappa shape index (κ2) is 14.4. The second-order valence-electron chi connectivity index (χ2n) is 10.2. The predicted octanol–water partition coefficient (Wildman–Crippen LogP) is 6.82. The number of amides is 1. The number of alkyl carbamates (subject to hydrolysis) is 1. The number of esters is 1. The number of hydrogen-bond acceptors (Lipinski definition) is 7. The first-order valence-electron chi connectivity index (χ1n) is 13.1. The lowest BCUT2D eigenvalue weighted by molar-refractivity contribution is -0.153. The average Bonchev–Trinajstić information content (AvgIpc) is 2.92. The Hall–Kier alpha value is -3.20. The van der Waals surface area contributed by atoms with E-state index in [4.69, 9.17) is 25.8 Å². The molecule has 1 unspecified atom stereocenters. The van der Waals surface area contributed by atoms with E-state index in [2.05, 4.69) is 5.32 Å². The van der Waals surface area contributed by atoms with Gasteiger partial charge in [0, 0.05) is 9.79 Å². The zero-order valence-corrected chi connectivity index (χ0v) is 24.8. The lowest BCUT2D eigenvalue weighted by atomic mass is 9.92. The van der Waals surface area contributed by atoms with Gasteiger partial charge in [-0.2, -0.15) is 0 Å². The third-order valence-electron chi connectivity index (χ3n) is 5.84. The third-order valence-corrected chi connectivity index (χ3v) is 7.47. The van der Waals surface area contributed by atoms with Crippen LogP contribution >= 0.6 is 23.4 Å². The quantitative estimate of drug-likeness (QED) is 0.225. The molecule has 0 aromatic heterocycles. The molecule has 0 saturated heterocycles. The van der Waals surface area contributed by atoms with Crippen LogP contribution in [0.5, 0.6) is 5.75 Å². The summed E-state index contributed by atoms with van der Waals surface area (Å²) in [7, 11) is 0. The monoisotopic (exact) mass is 585 g/mol. The van der Waals surface area contributed by atoms with Gasteiger partial charge in [-0.15, -0.1) is 0 Å². The maximum atomic E-state index is 12.9. The van der Waals surface area contributed by atoms with Crippen molar-refractivity contribution in [2.75, 3.05) is 13.2 Å². The Morgan fingerprint density at radius 1 is 0.975 bits per heavy atom. The summed E-state index contributed by atoms with van der Waals surface area (Å²) in [4.78, 5) is 27.2. The minimum atomic E-state index is -1.68. The van der Waals surface area contributed by atoms with Crippen LogP contribution in [-0.4, -0.2) is 41.5 Å². The number of nitrogens with one attached hydrogen (secondary N) is 1. The molecule has 0 aliphatic rings. The first kappa shape index (κ1) is 31.3. The Morgan fingerprint density at radius 2 is 1.68 bits per heavy atom. The standard InChI is InChI=1S/C31H36ClNO6S/c1-5-37-28(35)31(21-34,33-29(36)39-30(2,3)4)19-18-23-12-9-13-26(27(23)32)40-25-16-14-24(15-17-25)38-20-22-10-7-6-8-11-22/h6-17,34H,5,18-21H2,1-4H3,(H,33,36). The summed E-state index contributed by atoms with van der Waals surface area (Å²) in [6.45, 7) is 6.73. The van der Waals surface area contributed by atoms with E-state index >= 15 is 0 Å². The number of carbonyl (C=O) groups is 2. The van der Waals surface area contributed by atoms with Crippen LogP contribution in [0.4, 0.5) is 4.79 Å². The van der Waals surface area contributed by atoms with Crippen LogP contribution in [0.15, 0.2) is 82.6 Å². The highest BCUT2D eigenvalue weighted by atomic mass is 35.5. The number of aliphatic hydroxyl groups is 1. The average molecular weight is 586 g/mol. The van der Waals surface area contributed by atoms with Crippen molar-refractivity contribution < 1.29 is 28.9 Å². The molecular weight excluding hydrogens is 550 g/mol. The minimum Gasteiger partial charge on any atom is -0.489 e. The summed E-state index contributed by atoms with van der Waals surface area (Å²) in [5, 5.41) is 13.3. The van der Waals surface area contributed by atoms with Gasteiger partial charge in [0.15, 0.2) is 5.54 Å². The van der Waals surface area contributed by atoms with Gasteiger partial charge in [0.2, 0.25) is 0 Å². The molecule has 3 rings (SSSR count). The van der Waals surface area contributed by atoms with Gasteiger partial charge < -0.3 is 24.6 Å². The van der Waals surface area contributed by atoms with Crippen molar-refractivity contribution in [3.63, 3.8) is 0 Å². The molecule has 0 bridgehead atoms. The molecule has 40 heavy (non-hydrogen) atoms. The Labute approximate surface area is 245 Å². The molecule has 0 aliphatic heterocycles. The van der Waals surface area contributed by atoms with E-state index < -0.39 is 29.8 Å². The number of aliphatic hydroxyl groups excluding tert-OH is 1. The Bertz CT molecular complexity index is 1260. The van der Waals surface area contributed by atoms with Crippen LogP contribution < -0.4 is 10.1 Å². The molecule has 1 amide bonds. The molecule has 9 heteroatoms. The number of carbonyl (C=O) groups excluding carboxylic acids is 2. The largest absolute Gasteiger partial charge is 0.489 e. The van der Waals surface area contributed by atoms with Crippen molar-refractivity contribution in [3.05, 3.63) is 88.9 Å². The molecule has 3 aromatic carbocycles. The number of halogens is 1. The molecule has 2 N–H and O–H groups in total. The van der Waals surface area contributed by atoms with Crippen LogP contribution in [0.25, 0.3) is 0 Å². The van der Waals surface area contributed by atoms with Crippen molar-refractivity contribution in [2.45, 2.75) is 68.1 Å². The Kier molecular flexibility index (Phi) is 11.3. The third kappa shape index (κ3) is 9.18. The minimum absolute atomic E-state index is 0.0584. The summed E-state index contributed by atoms with van der Waals surface area (Å²) in [5.41, 5.74) is -0.594. The van der Waals surface area contributed by atoms with Crippen molar-refractivity contribution in [1.29, 1.82) is 0 Å². The molecule has 0 aliphatic carbocycles. The van der Waals surface area contributed by atoms with Crippen LogP contribution in [0.2, 0.25) is 5.02 Å². The first-order chi connectivity index (χ1) is 19.0. The molecule has 0 saturated carbocycles. The maximum absolute atomic E-state index is 12.9. The fourth-order valence-corrected chi connectivity index (χ4v) is 5.04. The van der Waals surface area contributed by atoms with Gasteiger partial charge in [0.05, 0.1) is 18.2 Å². The highest BCUT2D eigenvalue weighted by Crippen LogP contribution is 2.36. The van der Waals surface area contributed by atoms with Crippen LogP contribution in [0, 0.1) is 0 Å². The normalized spacial score (nSPS) is 12.8. The Morgan fingerprint density at radius 3 is 2.30 bits per heavy atom. The predicted molar refractivity (Wildman–Crippen MR) is 157 cm³/mol. The van der Waals surface area contributed by atoms with Crippen molar-refractivity contribution in [1.82, 2.24) is 5.32 Å². The first-order valence-corrected chi connectivity index (χ1v) is 14.3. The summed E-state index contributed by atoms with van der Waals surface area (Å²) < 4.78 is 16.4. The van der Waals surface area contributed by atoms with Gasteiger partial charge in [-0.05, 0) is 82.0 Å². The number of ether oxygens (including phenoxy) is 3. The van der Waals surface area contributed by atoms with Crippen molar-refractivity contribution in [2.24, 2.45) is 0 Å². The van der Waals surface area contributed by atoms with Gasteiger partial charge in [-0.25, -0.2) is 9.59 Å². The fourth-order valence-electron chi connectivity index (χ4n) is 3.81. The van der Waals surface area contributed by atoms with E-state index in [0.717, 1.165) is 26.7 Å². The molecular formula is C31H36ClNO6S. The Balaban J connectivity index is 1.70. The topological polar surface area (TPSA) is 94.1 Å². The maximum Gasteiger partial charge on any atom is 0.408 e. The summed E-state index contributed by atoms with van der Waals surface area (Å²) in [5.74, 6) is 0.0319. The van der Waals surface area contributed by atoms with Crippen molar-refractivity contribution in [3.8, 4) is 5.75 Å². The van der Waals surface area contributed by atoms with Gasteiger partial charge in [-0.3, -0.25) is 0 Å². The number of rotatable bonds is 12. The summed E-state index contributed by atoms with van der Waals surface area (Å²) >= 11 is 8.28. The van der Waals surface area contributed by atoms with E-state index in [-0.39, 0.29) is 13.0 Å². The molecule has 0 radical (unpaired) electrons. The molecule has 214 valence electrons. The highest BCUT2D eigenvalue weighted by Gasteiger charge is 2.42. The van der Waals surface area contributed by atoms with Gasteiger partial charge >= 0.3 is 12.1 Å². The van der Waals surface area contributed by atoms with E-state index in [1.807, 2.05) is 72.8 Å². The summed E-state index contributed by atoms with van der Waals surface area (Å²) in [6, 6.07) is 23.4. The lowest BCUT2D eigenvalue weighted by Crippen LogP contribution is -2.59. The van der Waals surface area contributed by atoms with Crippen LogP contribution in [0.1, 0.15) is 45.2 Å². The highest BCUT2D eigenvalue weighted by molar-refractivity contribution is 7.99. The van der Waals surface area contributed by atoms with Gasteiger partial charge in [0.1, 0.15) is 18.0 Å². The lowest BCUT2D eigenvalue weighted by Gasteiger charge is -2.32. The zero-order chi connectivity index (χ0) is 29.2. The van der Waals surface area contributed by atoms with E-state index in [9.17, 15) is 14.7 Å². The molecule has 0 spiro atoms. The molecule has 7 nitrogen and oxygen atoms in total. The molecule has 3 aromatic rings. The van der Waals surface area contributed by atoms with E-state index in [0.29, 0.717) is 18.1 Å².